The number of nitrogens with zero attached hydrogens (tertiary/aromatic N) is 1. The highest BCUT2D eigenvalue weighted by Crippen LogP contribution is 2.15. The van der Waals surface area contributed by atoms with Gasteiger partial charge in [-0.15, -0.1) is 0 Å². The molecule has 0 aliphatic carbocycles. The molecule has 3 nitrogen and oxygen atoms in total. The molecule has 1 aromatic rings. The van der Waals surface area contributed by atoms with E-state index in [0.29, 0.717) is 0 Å². The van der Waals surface area contributed by atoms with Gasteiger partial charge in [0, 0.05) is 24.1 Å². The van der Waals surface area contributed by atoms with Crippen molar-refractivity contribution in [2.24, 2.45) is 0 Å². The van der Waals surface area contributed by atoms with E-state index >= 15 is 0 Å². The Morgan fingerprint density at radius 3 is 3.00 bits per heavy atom. The fraction of sp³-hybridized carbons (Fsp3) is 0.455. The van der Waals surface area contributed by atoms with Gasteiger partial charge in [0.2, 0.25) is 5.91 Å². The van der Waals surface area contributed by atoms with Crippen molar-refractivity contribution < 1.29 is 4.79 Å². The molecule has 82 valence electrons. The smallest absolute Gasteiger partial charge is 0.216 e. The minimum absolute atomic E-state index is 0.0361. The number of halogens is 1. The Morgan fingerprint density at radius 1 is 1.53 bits per heavy atom. The van der Waals surface area contributed by atoms with Gasteiger partial charge in [-0.1, -0.05) is 0 Å². The molecule has 1 aromatic heterocycles. The Labute approximate surface area is 98.4 Å². The molecular formula is C11H15BrN2O. The van der Waals surface area contributed by atoms with Gasteiger partial charge >= 0.3 is 0 Å². The van der Waals surface area contributed by atoms with E-state index in [1.807, 2.05) is 12.1 Å². The van der Waals surface area contributed by atoms with Crippen molar-refractivity contribution in [3.63, 3.8) is 0 Å². The van der Waals surface area contributed by atoms with Crippen LogP contribution in [0.4, 0.5) is 0 Å². The number of aromatic nitrogens is 1. The molecule has 1 N–H and O–H groups in total. The molecule has 15 heavy (non-hydrogen) atoms. The third-order valence-electron chi connectivity index (χ3n) is 2.05. The standard InChI is InChI=1S/C11H15BrN2O/c1-9(15)13-7-3-2-6-11-10(12)5-4-8-14-11/h4-5,8H,2-3,6-7H2,1H3,(H,13,15). The summed E-state index contributed by atoms with van der Waals surface area (Å²) in [5.41, 5.74) is 1.08. The molecule has 0 saturated carbocycles. The molecule has 1 amide bonds. The van der Waals surface area contributed by atoms with Gasteiger partial charge in [0.1, 0.15) is 0 Å². The Balaban J connectivity index is 2.21. The van der Waals surface area contributed by atoms with Gasteiger partial charge in [-0.05, 0) is 47.3 Å². The first kappa shape index (κ1) is 12.2. The maximum absolute atomic E-state index is 10.6. The maximum Gasteiger partial charge on any atom is 0.216 e. The van der Waals surface area contributed by atoms with Crippen molar-refractivity contribution in [1.29, 1.82) is 0 Å². The highest BCUT2D eigenvalue weighted by molar-refractivity contribution is 9.10. The second kappa shape index (κ2) is 6.56. The Bertz CT molecular complexity index is 328. The number of carbonyl (C=O) groups excluding carboxylic acids is 1. The average Bonchev–Trinajstić information content (AvgIpc) is 2.20. The van der Waals surface area contributed by atoms with Crippen LogP contribution in [0.3, 0.4) is 0 Å². The second-order valence-corrected chi connectivity index (χ2v) is 4.23. The van der Waals surface area contributed by atoms with Gasteiger partial charge in [-0.2, -0.15) is 0 Å². The summed E-state index contributed by atoms with van der Waals surface area (Å²) in [7, 11) is 0. The summed E-state index contributed by atoms with van der Waals surface area (Å²) in [5, 5.41) is 2.78. The summed E-state index contributed by atoms with van der Waals surface area (Å²) in [6.07, 6.45) is 4.77. The van der Waals surface area contributed by atoms with E-state index in [1.54, 1.807) is 6.20 Å². The third kappa shape index (κ3) is 4.93. The maximum atomic E-state index is 10.6. The number of hydrogen-bond acceptors (Lipinski definition) is 2. The van der Waals surface area contributed by atoms with Crippen LogP contribution < -0.4 is 5.32 Å². The molecule has 0 spiro atoms. The summed E-state index contributed by atoms with van der Waals surface area (Å²) in [6, 6.07) is 3.90. The molecular weight excluding hydrogens is 256 g/mol. The van der Waals surface area contributed by atoms with Crippen LogP contribution in [0.2, 0.25) is 0 Å². The number of pyridine rings is 1. The van der Waals surface area contributed by atoms with E-state index in [-0.39, 0.29) is 5.91 Å². The Morgan fingerprint density at radius 2 is 2.33 bits per heavy atom. The largest absolute Gasteiger partial charge is 0.356 e. The lowest BCUT2D eigenvalue weighted by Gasteiger charge is -2.03. The quantitative estimate of drug-likeness (QED) is 0.835. The van der Waals surface area contributed by atoms with Gasteiger partial charge < -0.3 is 5.32 Å². The van der Waals surface area contributed by atoms with Crippen molar-refractivity contribution in [2.45, 2.75) is 26.2 Å². The number of amides is 1. The molecule has 0 fully saturated rings. The van der Waals surface area contributed by atoms with E-state index in [2.05, 4.69) is 26.2 Å². The van der Waals surface area contributed by atoms with Crippen LogP contribution in [-0.2, 0) is 11.2 Å². The zero-order valence-electron chi connectivity index (χ0n) is 8.79. The summed E-state index contributed by atoms with van der Waals surface area (Å²) >= 11 is 3.46. The minimum Gasteiger partial charge on any atom is -0.356 e. The van der Waals surface area contributed by atoms with E-state index in [0.717, 1.165) is 36.0 Å². The molecule has 0 aromatic carbocycles. The summed E-state index contributed by atoms with van der Waals surface area (Å²) in [6.45, 7) is 2.29. The zero-order chi connectivity index (χ0) is 11.1. The molecule has 0 unspecified atom stereocenters. The molecule has 0 saturated heterocycles. The van der Waals surface area contributed by atoms with Gasteiger partial charge in [-0.25, -0.2) is 0 Å². The van der Waals surface area contributed by atoms with Gasteiger partial charge in [0.25, 0.3) is 0 Å². The fourth-order valence-electron chi connectivity index (χ4n) is 1.28. The topological polar surface area (TPSA) is 42.0 Å². The van der Waals surface area contributed by atoms with Crippen molar-refractivity contribution in [1.82, 2.24) is 10.3 Å². The van der Waals surface area contributed by atoms with E-state index < -0.39 is 0 Å². The van der Waals surface area contributed by atoms with Crippen LogP contribution in [0.25, 0.3) is 0 Å². The van der Waals surface area contributed by atoms with Crippen LogP contribution in [0.1, 0.15) is 25.5 Å². The molecule has 0 aliphatic rings. The molecule has 4 heteroatoms. The highest BCUT2D eigenvalue weighted by Gasteiger charge is 1.99. The molecule has 1 heterocycles. The lowest BCUT2D eigenvalue weighted by molar-refractivity contribution is -0.118. The lowest BCUT2D eigenvalue weighted by atomic mass is 10.2. The first-order chi connectivity index (χ1) is 7.20. The molecule has 0 radical (unpaired) electrons. The predicted octanol–water partition coefficient (Wildman–Crippen LogP) is 2.30. The van der Waals surface area contributed by atoms with Crippen molar-refractivity contribution in [3.05, 3.63) is 28.5 Å². The zero-order valence-corrected chi connectivity index (χ0v) is 10.4. The van der Waals surface area contributed by atoms with E-state index in [9.17, 15) is 4.79 Å². The van der Waals surface area contributed by atoms with Gasteiger partial charge in [-0.3, -0.25) is 9.78 Å². The number of rotatable bonds is 5. The number of unbranched alkanes of at least 4 members (excludes halogenated alkanes) is 1. The van der Waals surface area contributed by atoms with E-state index in [4.69, 9.17) is 0 Å². The van der Waals surface area contributed by atoms with Crippen LogP contribution >= 0.6 is 15.9 Å². The van der Waals surface area contributed by atoms with Crippen molar-refractivity contribution in [3.8, 4) is 0 Å². The van der Waals surface area contributed by atoms with Crippen molar-refractivity contribution >= 4 is 21.8 Å². The number of nitrogens with one attached hydrogen (secondary N) is 1. The number of carbonyl (C=O) groups is 1. The Kier molecular flexibility index (Phi) is 5.32. The third-order valence-corrected chi connectivity index (χ3v) is 2.77. The number of hydrogen-bond donors (Lipinski definition) is 1. The minimum atomic E-state index is 0.0361. The predicted molar refractivity (Wildman–Crippen MR) is 63.6 cm³/mol. The first-order valence-corrected chi connectivity index (χ1v) is 5.83. The van der Waals surface area contributed by atoms with Crippen LogP contribution in [0.15, 0.2) is 22.8 Å². The number of aryl methyl sites for hydroxylation is 1. The molecule has 0 aliphatic heterocycles. The fourth-order valence-corrected chi connectivity index (χ4v) is 1.74. The highest BCUT2D eigenvalue weighted by atomic mass is 79.9. The normalized spacial score (nSPS) is 10.0. The summed E-state index contributed by atoms with van der Waals surface area (Å²) < 4.78 is 1.06. The van der Waals surface area contributed by atoms with Crippen molar-refractivity contribution in [2.75, 3.05) is 6.54 Å². The van der Waals surface area contributed by atoms with Crippen LogP contribution in [-0.4, -0.2) is 17.4 Å². The first-order valence-electron chi connectivity index (χ1n) is 5.04. The van der Waals surface area contributed by atoms with Crippen LogP contribution in [0, 0.1) is 0 Å². The average molecular weight is 271 g/mol. The van der Waals surface area contributed by atoms with Gasteiger partial charge in [0.15, 0.2) is 0 Å². The monoisotopic (exact) mass is 270 g/mol. The van der Waals surface area contributed by atoms with Gasteiger partial charge in [0.05, 0.1) is 5.69 Å². The molecule has 1 rings (SSSR count). The SMILES string of the molecule is CC(=O)NCCCCc1ncccc1Br. The summed E-state index contributed by atoms with van der Waals surface area (Å²) in [5.74, 6) is 0.0361. The molecule has 0 bridgehead atoms. The Hall–Kier alpha value is -0.900. The van der Waals surface area contributed by atoms with E-state index in [1.165, 1.54) is 6.92 Å². The molecule has 0 atom stereocenters. The second-order valence-electron chi connectivity index (χ2n) is 3.37. The van der Waals surface area contributed by atoms with Crippen LogP contribution in [0.5, 0.6) is 0 Å². The summed E-state index contributed by atoms with van der Waals surface area (Å²) in [4.78, 5) is 14.9. The lowest BCUT2D eigenvalue weighted by Crippen LogP contribution is -2.20.